The minimum atomic E-state index is -0.0552. The van der Waals surface area contributed by atoms with Crippen LogP contribution in [-0.2, 0) is 11.2 Å². The van der Waals surface area contributed by atoms with Gasteiger partial charge in [-0.05, 0) is 63.3 Å². The quantitative estimate of drug-likeness (QED) is 0.332. The third-order valence-corrected chi connectivity index (χ3v) is 7.46. The number of phenolic OH excluding ortho intramolecular Hbond substituents is 1. The molecule has 9 heteroatoms. The van der Waals surface area contributed by atoms with Crippen molar-refractivity contribution in [1.29, 1.82) is 0 Å². The van der Waals surface area contributed by atoms with E-state index in [0.29, 0.717) is 31.7 Å². The maximum atomic E-state index is 13.1. The second-order valence-electron chi connectivity index (χ2n) is 9.70. The minimum absolute atomic E-state index is 0.0552. The van der Waals surface area contributed by atoms with Crippen LogP contribution in [0, 0.1) is 0 Å². The zero-order valence-electron chi connectivity index (χ0n) is 21.4. The molecule has 0 bridgehead atoms. The van der Waals surface area contributed by atoms with Gasteiger partial charge < -0.3 is 25.1 Å². The van der Waals surface area contributed by atoms with Crippen LogP contribution >= 0.6 is 0 Å². The van der Waals surface area contributed by atoms with Gasteiger partial charge in [-0.15, -0.1) is 0 Å². The lowest BCUT2D eigenvalue weighted by molar-refractivity contribution is -0.120. The van der Waals surface area contributed by atoms with Gasteiger partial charge in [-0.2, -0.15) is 0 Å². The van der Waals surface area contributed by atoms with Crippen LogP contribution in [0.15, 0.2) is 41.7 Å². The maximum Gasteiger partial charge on any atom is 0.272 e. The first-order chi connectivity index (χ1) is 17.4. The number of amides is 2. The summed E-state index contributed by atoms with van der Waals surface area (Å²) in [5.74, 6) is 0.920. The van der Waals surface area contributed by atoms with E-state index >= 15 is 0 Å². The number of hydrogen-bond donors (Lipinski definition) is 2. The average molecular weight is 493 g/mol. The second-order valence-corrected chi connectivity index (χ2v) is 9.70. The van der Waals surface area contributed by atoms with Crippen LogP contribution < -0.4 is 10.2 Å². The zero-order valence-corrected chi connectivity index (χ0v) is 21.4. The Labute approximate surface area is 212 Å². The van der Waals surface area contributed by atoms with Gasteiger partial charge in [-0.1, -0.05) is 11.1 Å². The molecule has 0 spiro atoms. The van der Waals surface area contributed by atoms with E-state index in [2.05, 4.69) is 34.0 Å². The summed E-state index contributed by atoms with van der Waals surface area (Å²) < 4.78 is 0. The SMILES string of the molecule is CNc1ccc(O)cc1CCN(C=O)C1CCN(c2cc(C(=O)N3CCC(C)=C(C)C3)ncn2)CC1. The van der Waals surface area contributed by atoms with Gasteiger partial charge in [-0.25, -0.2) is 9.97 Å². The van der Waals surface area contributed by atoms with E-state index in [1.54, 1.807) is 18.2 Å². The lowest BCUT2D eigenvalue weighted by atomic mass is 10.0. The lowest BCUT2D eigenvalue weighted by Gasteiger charge is -2.37. The summed E-state index contributed by atoms with van der Waals surface area (Å²) in [6, 6.07) is 7.18. The van der Waals surface area contributed by atoms with E-state index < -0.39 is 0 Å². The Morgan fingerprint density at radius 2 is 1.94 bits per heavy atom. The van der Waals surface area contributed by atoms with Gasteiger partial charge in [0.15, 0.2) is 0 Å². The van der Waals surface area contributed by atoms with Gasteiger partial charge >= 0.3 is 0 Å². The number of piperidine rings is 1. The number of phenols is 1. The number of nitrogens with one attached hydrogen (secondary N) is 1. The molecule has 1 aromatic carbocycles. The highest BCUT2D eigenvalue weighted by molar-refractivity contribution is 5.93. The Hall–Kier alpha value is -3.62. The van der Waals surface area contributed by atoms with Gasteiger partial charge in [0.05, 0.1) is 0 Å². The van der Waals surface area contributed by atoms with Crippen LogP contribution in [0.4, 0.5) is 11.5 Å². The Morgan fingerprint density at radius 3 is 2.64 bits per heavy atom. The van der Waals surface area contributed by atoms with Crippen molar-refractivity contribution in [2.24, 2.45) is 0 Å². The molecule has 1 fully saturated rings. The fraction of sp³-hybridized carbons (Fsp3) is 0.481. The fourth-order valence-corrected chi connectivity index (χ4v) is 5.02. The predicted octanol–water partition coefficient (Wildman–Crippen LogP) is 3.08. The number of carbonyl (C=O) groups excluding carboxylic acids is 2. The summed E-state index contributed by atoms with van der Waals surface area (Å²) in [6.45, 7) is 7.65. The number of benzene rings is 1. The van der Waals surface area contributed by atoms with E-state index in [4.69, 9.17) is 0 Å². The largest absolute Gasteiger partial charge is 0.508 e. The predicted molar refractivity (Wildman–Crippen MR) is 140 cm³/mol. The molecule has 1 saturated heterocycles. The molecule has 9 nitrogen and oxygen atoms in total. The van der Waals surface area contributed by atoms with Crippen molar-refractivity contribution in [3.8, 4) is 5.75 Å². The highest BCUT2D eigenvalue weighted by atomic mass is 16.3. The molecule has 192 valence electrons. The molecule has 2 aromatic rings. The van der Waals surface area contributed by atoms with Crippen molar-refractivity contribution in [2.75, 3.05) is 50.0 Å². The Bertz CT molecular complexity index is 1130. The monoisotopic (exact) mass is 492 g/mol. The smallest absolute Gasteiger partial charge is 0.272 e. The van der Waals surface area contributed by atoms with E-state index in [-0.39, 0.29) is 17.7 Å². The van der Waals surface area contributed by atoms with Crippen molar-refractivity contribution < 1.29 is 14.7 Å². The molecule has 0 atom stereocenters. The first-order valence-corrected chi connectivity index (χ1v) is 12.6. The molecular weight excluding hydrogens is 456 g/mol. The van der Waals surface area contributed by atoms with Gasteiger partial charge in [0, 0.05) is 57.6 Å². The van der Waals surface area contributed by atoms with E-state index in [9.17, 15) is 14.7 Å². The molecule has 0 saturated carbocycles. The molecule has 2 amide bonds. The molecule has 0 unspecified atom stereocenters. The van der Waals surface area contributed by atoms with Crippen LogP contribution in [0.25, 0.3) is 0 Å². The van der Waals surface area contributed by atoms with E-state index in [0.717, 1.165) is 55.8 Å². The molecule has 0 aliphatic carbocycles. The molecule has 3 heterocycles. The molecule has 2 aliphatic rings. The highest BCUT2D eigenvalue weighted by Crippen LogP contribution is 2.25. The van der Waals surface area contributed by atoms with Gasteiger partial charge in [0.25, 0.3) is 5.91 Å². The Kier molecular flexibility index (Phi) is 8.07. The van der Waals surface area contributed by atoms with Crippen molar-refractivity contribution >= 4 is 23.8 Å². The fourth-order valence-electron chi connectivity index (χ4n) is 5.02. The number of carbonyl (C=O) groups is 2. The number of rotatable bonds is 8. The topological polar surface area (TPSA) is 102 Å². The maximum absolute atomic E-state index is 13.1. The molecule has 0 radical (unpaired) electrons. The summed E-state index contributed by atoms with van der Waals surface area (Å²) in [6.07, 6.45) is 5.60. The summed E-state index contributed by atoms with van der Waals surface area (Å²) in [5, 5.41) is 13.0. The van der Waals surface area contributed by atoms with Crippen LogP contribution in [-0.4, -0.2) is 83.0 Å². The molecule has 2 aliphatic heterocycles. The standard InChI is InChI=1S/C27H36N6O3/c1-19-6-10-32(16-20(19)2)27(36)25-15-26(30-17-29-25)31-12-8-22(9-13-31)33(18-34)11-7-21-14-23(35)4-5-24(21)28-3/h4-5,14-15,17-18,22,28,35H,6-13,16H2,1-3H3. The van der Waals surface area contributed by atoms with Gasteiger partial charge in [0.1, 0.15) is 23.6 Å². The summed E-state index contributed by atoms with van der Waals surface area (Å²) in [5.41, 5.74) is 4.97. The first kappa shape index (κ1) is 25.5. The summed E-state index contributed by atoms with van der Waals surface area (Å²) in [4.78, 5) is 39.5. The third-order valence-electron chi connectivity index (χ3n) is 7.46. The Morgan fingerprint density at radius 1 is 1.17 bits per heavy atom. The van der Waals surface area contributed by atoms with Crippen LogP contribution in [0.5, 0.6) is 5.75 Å². The number of nitrogens with zero attached hydrogens (tertiary/aromatic N) is 5. The van der Waals surface area contributed by atoms with Gasteiger partial charge in [0.2, 0.25) is 6.41 Å². The van der Waals surface area contributed by atoms with Crippen molar-refractivity contribution in [3.63, 3.8) is 0 Å². The third kappa shape index (κ3) is 5.78. The highest BCUT2D eigenvalue weighted by Gasteiger charge is 2.26. The molecule has 1 aromatic heterocycles. The van der Waals surface area contributed by atoms with Crippen molar-refractivity contribution in [3.05, 3.63) is 53.0 Å². The molecule has 2 N–H and O–H groups in total. The minimum Gasteiger partial charge on any atom is -0.508 e. The molecule has 4 rings (SSSR count). The van der Waals surface area contributed by atoms with Crippen LogP contribution in [0.3, 0.4) is 0 Å². The molecular formula is C27H36N6O3. The van der Waals surface area contributed by atoms with E-state index in [1.165, 1.54) is 17.5 Å². The number of anilines is 2. The van der Waals surface area contributed by atoms with E-state index in [1.807, 2.05) is 22.9 Å². The van der Waals surface area contributed by atoms with Crippen LogP contribution in [0.2, 0.25) is 0 Å². The normalized spacial score (nSPS) is 16.8. The number of hydrogen-bond acceptors (Lipinski definition) is 7. The Balaban J connectivity index is 1.35. The van der Waals surface area contributed by atoms with Crippen molar-refractivity contribution in [2.45, 2.75) is 45.6 Å². The van der Waals surface area contributed by atoms with Crippen LogP contribution in [0.1, 0.15) is 49.2 Å². The average Bonchev–Trinajstić information content (AvgIpc) is 2.90. The summed E-state index contributed by atoms with van der Waals surface area (Å²) in [7, 11) is 1.85. The molecule has 36 heavy (non-hydrogen) atoms. The number of aromatic hydroxyl groups is 1. The number of aromatic nitrogens is 2. The van der Waals surface area contributed by atoms with Gasteiger partial charge in [-0.3, -0.25) is 9.59 Å². The summed E-state index contributed by atoms with van der Waals surface area (Å²) >= 11 is 0. The first-order valence-electron chi connectivity index (χ1n) is 12.6. The second kappa shape index (κ2) is 11.4. The zero-order chi connectivity index (χ0) is 25.7. The lowest BCUT2D eigenvalue weighted by Crippen LogP contribution is -2.45. The van der Waals surface area contributed by atoms with Crippen molar-refractivity contribution in [1.82, 2.24) is 19.8 Å².